The second kappa shape index (κ2) is 6.24. The maximum Gasteiger partial charge on any atom is 0.324 e. The number of carbonyl (C=O) groups is 1. The van der Waals surface area contributed by atoms with E-state index in [4.69, 9.17) is 0 Å². The van der Waals surface area contributed by atoms with Crippen molar-refractivity contribution >= 4 is 31.9 Å². The molecule has 0 spiro atoms. The van der Waals surface area contributed by atoms with Crippen molar-refractivity contribution < 1.29 is 17.9 Å². The first-order chi connectivity index (χ1) is 9.08. The van der Waals surface area contributed by atoms with Gasteiger partial charge < -0.3 is 4.74 Å². The first kappa shape index (κ1) is 17.1. The number of ether oxygens (including phenoxy) is 1. The molecule has 1 aromatic carbocycles. The van der Waals surface area contributed by atoms with Gasteiger partial charge >= 0.3 is 5.97 Å². The van der Waals surface area contributed by atoms with Crippen LogP contribution in [0.2, 0.25) is 0 Å². The quantitative estimate of drug-likeness (QED) is 0.833. The molecule has 0 aliphatic rings. The van der Waals surface area contributed by atoms with Gasteiger partial charge in [0, 0.05) is 4.47 Å². The van der Waals surface area contributed by atoms with E-state index in [0.717, 1.165) is 4.47 Å². The molecule has 0 fully saturated rings. The molecule has 0 saturated carbocycles. The van der Waals surface area contributed by atoms with Crippen molar-refractivity contribution in [3.05, 3.63) is 28.7 Å². The van der Waals surface area contributed by atoms with E-state index in [1.807, 2.05) is 0 Å². The van der Waals surface area contributed by atoms with E-state index in [2.05, 4.69) is 25.4 Å². The Balaban J connectivity index is 3.09. The van der Waals surface area contributed by atoms with Crippen LogP contribution in [0.4, 0.5) is 0 Å². The molecule has 0 aliphatic carbocycles. The van der Waals surface area contributed by atoms with Gasteiger partial charge in [0.25, 0.3) is 0 Å². The fraction of sp³-hybridized carbons (Fsp3) is 0.462. The average molecular weight is 364 g/mol. The van der Waals surface area contributed by atoms with Crippen molar-refractivity contribution in [1.82, 2.24) is 4.72 Å². The van der Waals surface area contributed by atoms with Crippen LogP contribution in [-0.2, 0) is 19.6 Å². The minimum Gasteiger partial charge on any atom is -0.468 e. The second-order valence-corrected chi connectivity index (χ2v) is 8.03. The summed E-state index contributed by atoms with van der Waals surface area (Å²) in [6, 6.07) is 5.21. The standard InChI is InChI=1S/C13H18BrNO4S/c1-13(2,3)11(12(16)19-4)15-20(17,18)10-7-5-9(14)6-8-10/h5-8,11,15H,1-4H3. The normalized spacial score (nSPS) is 13.8. The third-order valence-electron chi connectivity index (χ3n) is 2.70. The lowest BCUT2D eigenvalue weighted by molar-refractivity contribution is -0.145. The van der Waals surface area contributed by atoms with Crippen LogP contribution >= 0.6 is 15.9 Å². The maximum atomic E-state index is 12.3. The van der Waals surface area contributed by atoms with Crippen molar-refractivity contribution in [2.24, 2.45) is 5.41 Å². The summed E-state index contributed by atoms with van der Waals surface area (Å²) < 4.78 is 32.4. The number of rotatable bonds is 4. The molecule has 1 N–H and O–H groups in total. The highest BCUT2D eigenvalue weighted by molar-refractivity contribution is 9.10. The molecular formula is C13H18BrNO4S. The van der Waals surface area contributed by atoms with Crippen molar-refractivity contribution in [3.63, 3.8) is 0 Å². The third kappa shape index (κ3) is 4.29. The lowest BCUT2D eigenvalue weighted by Crippen LogP contribution is -2.49. The molecule has 20 heavy (non-hydrogen) atoms. The summed E-state index contributed by atoms with van der Waals surface area (Å²) in [5.74, 6) is -0.613. The van der Waals surface area contributed by atoms with Crippen molar-refractivity contribution in [2.45, 2.75) is 31.7 Å². The van der Waals surface area contributed by atoms with Gasteiger partial charge in [0.15, 0.2) is 0 Å². The van der Waals surface area contributed by atoms with Crippen LogP contribution in [0.15, 0.2) is 33.6 Å². The van der Waals surface area contributed by atoms with E-state index in [1.54, 1.807) is 32.9 Å². The zero-order chi connectivity index (χ0) is 15.6. The van der Waals surface area contributed by atoms with E-state index in [-0.39, 0.29) is 4.90 Å². The maximum absolute atomic E-state index is 12.3. The molecule has 1 aromatic rings. The molecule has 1 rings (SSSR count). The molecule has 0 heterocycles. The van der Waals surface area contributed by atoms with E-state index in [9.17, 15) is 13.2 Å². The zero-order valence-corrected chi connectivity index (χ0v) is 14.2. The van der Waals surface area contributed by atoms with Gasteiger partial charge in [-0.25, -0.2) is 8.42 Å². The second-order valence-electron chi connectivity index (χ2n) is 5.40. The minimum absolute atomic E-state index is 0.0962. The zero-order valence-electron chi connectivity index (χ0n) is 11.8. The molecule has 112 valence electrons. The molecule has 0 radical (unpaired) electrons. The van der Waals surface area contributed by atoms with Crippen LogP contribution in [0.25, 0.3) is 0 Å². The first-order valence-corrected chi connectivity index (χ1v) is 8.21. The highest BCUT2D eigenvalue weighted by Gasteiger charge is 2.36. The van der Waals surface area contributed by atoms with E-state index in [1.165, 1.54) is 19.2 Å². The fourth-order valence-electron chi connectivity index (χ4n) is 1.53. The summed E-state index contributed by atoms with van der Waals surface area (Å²) in [6.45, 7) is 5.29. The number of esters is 1. The highest BCUT2D eigenvalue weighted by atomic mass is 79.9. The molecule has 0 amide bonds. The Morgan fingerprint density at radius 3 is 2.15 bits per heavy atom. The Labute approximate surface area is 127 Å². The third-order valence-corrected chi connectivity index (χ3v) is 4.67. The Kier molecular flexibility index (Phi) is 5.34. The number of hydrogen-bond acceptors (Lipinski definition) is 4. The lowest BCUT2D eigenvalue weighted by Gasteiger charge is -2.28. The first-order valence-electron chi connectivity index (χ1n) is 5.93. The van der Waals surface area contributed by atoms with Crippen LogP contribution in [-0.4, -0.2) is 27.5 Å². The van der Waals surface area contributed by atoms with Crippen molar-refractivity contribution in [1.29, 1.82) is 0 Å². The van der Waals surface area contributed by atoms with Crippen LogP contribution in [0.5, 0.6) is 0 Å². The molecule has 1 unspecified atom stereocenters. The van der Waals surface area contributed by atoms with Crippen LogP contribution in [0, 0.1) is 5.41 Å². The van der Waals surface area contributed by atoms with E-state index < -0.39 is 27.4 Å². The Bertz CT molecular complexity index is 575. The molecule has 0 aromatic heterocycles. The van der Waals surface area contributed by atoms with Crippen LogP contribution in [0.3, 0.4) is 0 Å². The Morgan fingerprint density at radius 2 is 1.75 bits per heavy atom. The molecule has 1 atom stereocenters. The molecule has 5 nitrogen and oxygen atoms in total. The predicted molar refractivity (Wildman–Crippen MR) is 79.7 cm³/mol. The monoisotopic (exact) mass is 363 g/mol. The Morgan fingerprint density at radius 1 is 1.25 bits per heavy atom. The summed E-state index contributed by atoms with van der Waals surface area (Å²) in [6.07, 6.45) is 0. The number of hydrogen-bond donors (Lipinski definition) is 1. The molecule has 0 saturated heterocycles. The number of sulfonamides is 1. The number of benzene rings is 1. The fourth-order valence-corrected chi connectivity index (χ4v) is 3.19. The summed E-state index contributed by atoms with van der Waals surface area (Å²) in [4.78, 5) is 11.9. The molecular weight excluding hydrogens is 346 g/mol. The number of halogens is 1. The summed E-state index contributed by atoms with van der Waals surface area (Å²) in [5, 5.41) is 0. The van der Waals surface area contributed by atoms with Gasteiger partial charge in [0.1, 0.15) is 6.04 Å². The predicted octanol–water partition coefficient (Wildman–Crippen LogP) is 2.32. The molecule has 0 aliphatic heterocycles. The van der Waals surface area contributed by atoms with Gasteiger partial charge in [0.2, 0.25) is 10.0 Å². The van der Waals surface area contributed by atoms with Gasteiger partial charge in [-0.15, -0.1) is 0 Å². The summed E-state index contributed by atoms with van der Waals surface area (Å²) in [7, 11) is -2.56. The van der Waals surface area contributed by atoms with Gasteiger partial charge in [-0.3, -0.25) is 4.79 Å². The lowest BCUT2D eigenvalue weighted by atomic mass is 9.87. The number of nitrogens with one attached hydrogen (secondary N) is 1. The average Bonchev–Trinajstić information content (AvgIpc) is 2.34. The van der Waals surface area contributed by atoms with Gasteiger partial charge in [-0.1, -0.05) is 36.7 Å². The summed E-state index contributed by atoms with van der Waals surface area (Å²) >= 11 is 3.24. The topological polar surface area (TPSA) is 72.5 Å². The van der Waals surface area contributed by atoms with Crippen LogP contribution in [0.1, 0.15) is 20.8 Å². The summed E-state index contributed by atoms with van der Waals surface area (Å²) in [5.41, 5.74) is -0.602. The minimum atomic E-state index is -3.79. The van der Waals surface area contributed by atoms with Crippen molar-refractivity contribution in [3.8, 4) is 0 Å². The van der Waals surface area contributed by atoms with E-state index in [0.29, 0.717) is 0 Å². The number of methoxy groups -OCH3 is 1. The van der Waals surface area contributed by atoms with Crippen LogP contribution < -0.4 is 4.72 Å². The van der Waals surface area contributed by atoms with Gasteiger partial charge in [-0.2, -0.15) is 4.72 Å². The highest BCUT2D eigenvalue weighted by Crippen LogP contribution is 2.23. The SMILES string of the molecule is COC(=O)C(NS(=O)(=O)c1ccc(Br)cc1)C(C)(C)C. The van der Waals surface area contributed by atoms with E-state index >= 15 is 0 Å². The molecule has 7 heteroatoms. The smallest absolute Gasteiger partial charge is 0.324 e. The van der Waals surface area contributed by atoms with Gasteiger partial charge in [-0.05, 0) is 29.7 Å². The largest absolute Gasteiger partial charge is 0.468 e. The number of carbonyl (C=O) groups excluding carboxylic acids is 1. The molecule has 0 bridgehead atoms. The van der Waals surface area contributed by atoms with Gasteiger partial charge in [0.05, 0.1) is 12.0 Å². The Hall–Kier alpha value is -0.920. The van der Waals surface area contributed by atoms with Crippen molar-refractivity contribution in [2.75, 3.05) is 7.11 Å².